The average molecular weight is 284 g/mol. The van der Waals surface area contributed by atoms with E-state index in [4.69, 9.17) is 4.74 Å². The largest absolute Gasteiger partial charge is 0.487 e. The molecule has 1 aliphatic rings. The van der Waals surface area contributed by atoms with Gasteiger partial charge in [-0.25, -0.2) is 4.98 Å². The molecule has 1 aromatic heterocycles. The highest BCUT2D eigenvalue weighted by atomic mass is 16.5. The number of hydrogen-bond acceptors (Lipinski definition) is 3. The molecular formula is C18H24N2O. The molecule has 3 heteroatoms. The van der Waals surface area contributed by atoms with Crippen molar-refractivity contribution < 1.29 is 4.74 Å². The monoisotopic (exact) mass is 284 g/mol. The number of hydrogen-bond donors (Lipinski definition) is 1. The van der Waals surface area contributed by atoms with Crippen molar-refractivity contribution in [3.8, 4) is 5.75 Å². The summed E-state index contributed by atoms with van der Waals surface area (Å²) in [7, 11) is 0. The fourth-order valence-corrected chi connectivity index (χ4v) is 3.03. The van der Waals surface area contributed by atoms with E-state index in [2.05, 4.69) is 29.4 Å². The maximum absolute atomic E-state index is 6.12. The molecule has 0 radical (unpaired) electrons. The molecule has 3 nitrogen and oxygen atoms in total. The molecule has 1 fully saturated rings. The van der Waals surface area contributed by atoms with Crippen LogP contribution in [-0.4, -0.2) is 23.7 Å². The normalized spacial score (nSPS) is 17.2. The molecule has 1 N–H and O–H groups in total. The summed E-state index contributed by atoms with van der Waals surface area (Å²) < 4.78 is 6.12. The molecule has 1 heterocycles. The summed E-state index contributed by atoms with van der Waals surface area (Å²) in [6.45, 7) is 5.03. The topological polar surface area (TPSA) is 34.1 Å². The summed E-state index contributed by atoms with van der Waals surface area (Å²) in [6, 6.07) is 11.0. The van der Waals surface area contributed by atoms with Crippen LogP contribution in [0, 0.1) is 6.92 Å². The van der Waals surface area contributed by atoms with Crippen LogP contribution in [0.2, 0.25) is 0 Å². The van der Waals surface area contributed by atoms with Gasteiger partial charge >= 0.3 is 0 Å². The van der Waals surface area contributed by atoms with Crippen LogP contribution in [0.3, 0.4) is 0 Å². The van der Waals surface area contributed by atoms with Gasteiger partial charge in [-0.2, -0.15) is 0 Å². The molecular weight excluding hydrogens is 260 g/mol. The van der Waals surface area contributed by atoms with Gasteiger partial charge in [-0.3, -0.25) is 0 Å². The lowest BCUT2D eigenvalue weighted by atomic mass is 10.2. The van der Waals surface area contributed by atoms with Gasteiger partial charge < -0.3 is 10.1 Å². The lowest BCUT2D eigenvalue weighted by Gasteiger charge is -2.19. The third-order valence-electron chi connectivity index (χ3n) is 4.20. The average Bonchev–Trinajstić information content (AvgIpc) is 2.99. The van der Waals surface area contributed by atoms with Crippen molar-refractivity contribution in [2.75, 3.05) is 6.54 Å². The lowest BCUT2D eigenvalue weighted by molar-refractivity contribution is 0.213. The van der Waals surface area contributed by atoms with E-state index in [-0.39, 0.29) is 6.10 Å². The van der Waals surface area contributed by atoms with Gasteiger partial charge in [-0.15, -0.1) is 0 Å². The Hall–Kier alpha value is -1.61. The second-order valence-electron chi connectivity index (χ2n) is 6.10. The Morgan fingerprint density at radius 2 is 2.05 bits per heavy atom. The summed E-state index contributed by atoms with van der Waals surface area (Å²) in [5.41, 5.74) is 1.99. The number of aromatic nitrogens is 1. The number of aryl methyl sites for hydroxylation is 1. The zero-order valence-electron chi connectivity index (χ0n) is 12.9. The molecule has 0 spiro atoms. The summed E-state index contributed by atoms with van der Waals surface area (Å²) in [5, 5.41) is 4.75. The Morgan fingerprint density at radius 3 is 2.86 bits per heavy atom. The van der Waals surface area contributed by atoms with Crippen LogP contribution in [0.1, 0.15) is 38.3 Å². The molecule has 21 heavy (non-hydrogen) atoms. The van der Waals surface area contributed by atoms with Crippen molar-refractivity contribution in [3.63, 3.8) is 0 Å². The van der Waals surface area contributed by atoms with E-state index >= 15 is 0 Å². The van der Waals surface area contributed by atoms with E-state index < -0.39 is 0 Å². The minimum Gasteiger partial charge on any atom is -0.487 e. The van der Waals surface area contributed by atoms with Crippen LogP contribution >= 0.6 is 0 Å². The van der Waals surface area contributed by atoms with Crippen LogP contribution in [0.5, 0.6) is 5.75 Å². The number of para-hydroxylation sites is 1. The van der Waals surface area contributed by atoms with Crippen molar-refractivity contribution in [2.24, 2.45) is 0 Å². The lowest BCUT2D eigenvalue weighted by Crippen LogP contribution is -2.35. The fourth-order valence-electron chi connectivity index (χ4n) is 3.03. The third-order valence-corrected chi connectivity index (χ3v) is 4.20. The molecule has 1 unspecified atom stereocenters. The van der Waals surface area contributed by atoms with Gasteiger partial charge in [-0.05, 0) is 38.8 Å². The number of rotatable bonds is 5. The van der Waals surface area contributed by atoms with Gasteiger partial charge in [0.1, 0.15) is 17.4 Å². The van der Waals surface area contributed by atoms with Crippen molar-refractivity contribution >= 4 is 10.9 Å². The maximum Gasteiger partial charge on any atom is 0.146 e. The van der Waals surface area contributed by atoms with Crippen LogP contribution < -0.4 is 10.1 Å². The standard InChI is InChI=1S/C18H24N2O/c1-13-10-11-15-6-5-9-17(18(15)20-13)21-14(2)12-19-16-7-3-4-8-16/h5-6,9-11,14,16,19H,3-4,7-8,12H2,1-2H3. The summed E-state index contributed by atoms with van der Waals surface area (Å²) in [6.07, 6.45) is 5.49. The Morgan fingerprint density at radius 1 is 1.24 bits per heavy atom. The van der Waals surface area contributed by atoms with Gasteiger partial charge in [0.2, 0.25) is 0 Å². The van der Waals surface area contributed by atoms with Crippen molar-refractivity contribution in [2.45, 2.75) is 51.7 Å². The first-order valence-electron chi connectivity index (χ1n) is 7.99. The van der Waals surface area contributed by atoms with Crippen molar-refractivity contribution in [3.05, 3.63) is 36.0 Å². The van der Waals surface area contributed by atoms with E-state index in [1.807, 2.05) is 25.1 Å². The van der Waals surface area contributed by atoms with E-state index in [1.54, 1.807) is 0 Å². The maximum atomic E-state index is 6.12. The third kappa shape index (κ3) is 3.53. The highest BCUT2D eigenvalue weighted by molar-refractivity contribution is 5.84. The first-order valence-corrected chi connectivity index (χ1v) is 7.99. The van der Waals surface area contributed by atoms with Crippen LogP contribution in [0.4, 0.5) is 0 Å². The number of nitrogens with zero attached hydrogens (tertiary/aromatic N) is 1. The number of fused-ring (bicyclic) bond motifs is 1. The second-order valence-corrected chi connectivity index (χ2v) is 6.10. The van der Waals surface area contributed by atoms with E-state index in [1.165, 1.54) is 25.7 Å². The molecule has 2 aromatic rings. The van der Waals surface area contributed by atoms with E-state index in [0.717, 1.165) is 28.9 Å². The molecule has 1 saturated carbocycles. The molecule has 1 aromatic carbocycles. The summed E-state index contributed by atoms with van der Waals surface area (Å²) in [5.74, 6) is 0.886. The summed E-state index contributed by atoms with van der Waals surface area (Å²) in [4.78, 5) is 4.62. The van der Waals surface area contributed by atoms with Crippen LogP contribution in [0.25, 0.3) is 10.9 Å². The van der Waals surface area contributed by atoms with Gasteiger partial charge in [-0.1, -0.05) is 31.0 Å². The molecule has 0 amide bonds. The Kier molecular flexibility index (Phi) is 4.39. The van der Waals surface area contributed by atoms with Gasteiger partial charge in [0.15, 0.2) is 0 Å². The number of nitrogens with one attached hydrogen (secondary N) is 1. The smallest absolute Gasteiger partial charge is 0.146 e. The minimum atomic E-state index is 0.151. The quantitative estimate of drug-likeness (QED) is 0.905. The van der Waals surface area contributed by atoms with E-state index in [9.17, 15) is 0 Å². The van der Waals surface area contributed by atoms with Crippen LogP contribution in [-0.2, 0) is 0 Å². The molecule has 0 saturated heterocycles. The number of pyridine rings is 1. The van der Waals surface area contributed by atoms with Gasteiger partial charge in [0.25, 0.3) is 0 Å². The Balaban J connectivity index is 1.67. The molecule has 1 aliphatic carbocycles. The number of ether oxygens (including phenoxy) is 1. The SMILES string of the molecule is Cc1ccc2cccc(OC(C)CNC3CCCC3)c2n1. The minimum absolute atomic E-state index is 0.151. The van der Waals surface area contributed by atoms with Crippen LogP contribution in [0.15, 0.2) is 30.3 Å². The fraction of sp³-hybridized carbons (Fsp3) is 0.500. The Bertz CT molecular complexity index is 605. The predicted molar refractivity (Wildman–Crippen MR) is 86.8 cm³/mol. The predicted octanol–water partition coefficient (Wildman–Crippen LogP) is 3.84. The van der Waals surface area contributed by atoms with Crippen molar-refractivity contribution in [1.82, 2.24) is 10.3 Å². The van der Waals surface area contributed by atoms with E-state index in [0.29, 0.717) is 6.04 Å². The van der Waals surface area contributed by atoms with Crippen molar-refractivity contribution in [1.29, 1.82) is 0 Å². The first kappa shape index (κ1) is 14.3. The molecule has 112 valence electrons. The van der Waals surface area contributed by atoms with Gasteiger partial charge in [0.05, 0.1) is 0 Å². The highest BCUT2D eigenvalue weighted by Crippen LogP contribution is 2.25. The molecule has 1 atom stereocenters. The highest BCUT2D eigenvalue weighted by Gasteiger charge is 2.16. The number of benzene rings is 1. The zero-order valence-corrected chi connectivity index (χ0v) is 12.9. The molecule has 0 aliphatic heterocycles. The molecule has 0 bridgehead atoms. The zero-order chi connectivity index (χ0) is 14.7. The Labute approximate surface area is 126 Å². The first-order chi connectivity index (χ1) is 10.2. The molecule has 3 rings (SSSR count). The second kappa shape index (κ2) is 6.44. The summed E-state index contributed by atoms with van der Waals surface area (Å²) >= 11 is 0. The van der Waals surface area contributed by atoms with Gasteiger partial charge in [0, 0.05) is 23.7 Å².